The first-order valence-corrected chi connectivity index (χ1v) is 6.25. The summed E-state index contributed by atoms with van der Waals surface area (Å²) in [7, 11) is 1.55. The van der Waals surface area contributed by atoms with Gasteiger partial charge in [0.1, 0.15) is 5.75 Å². The topological polar surface area (TPSA) is 77.2 Å². The third-order valence-corrected chi connectivity index (χ3v) is 2.91. The quantitative estimate of drug-likeness (QED) is 0.852. The second-order valence-corrected chi connectivity index (χ2v) is 4.71. The fraction of sp³-hybridized carbons (Fsp3) is 0.0769. The second-order valence-electron chi connectivity index (χ2n) is 3.80. The molecule has 1 amide bonds. The van der Waals surface area contributed by atoms with Crippen molar-refractivity contribution >= 4 is 33.2 Å². The number of pyridine rings is 1. The minimum Gasteiger partial charge on any atom is -0.497 e. The second kappa shape index (κ2) is 5.71. The van der Waals surface area contributed by atoms with E-state index in [0.29, 0.717) is 22.7 Å². The van der Waals surface area contributed by atoms with Gasteiger partial charge in [-0.15, -0.1) is 0 Å². The van der Waals surface area contributed by atoms with E-state index in [0.717, 1.165) is 4.47 Å². The van der Waals surface area contributed by atoms with Gasteiger partial charge >= 0.3 is 0 Å². The minimum absolute atomic E-state index is 0.284. The third kappa shape index (κ3) is 3.23. The lowest BCUT2D eigenvalue weighted by Gasteiger charge is -2.10. The zero-order valence-corrected chi connectivity index (χ0v) is 11.8. The molecule has 0 unspecified atom stereocenters. The third-order valence-electron chi connectivity index (χ3n) is 2.48. The number of ether oxygens (including phenoxy) is 1. The van der Waals surface area contributed by atoms with Crippen LogP contribution < -0.4 is 15.8 Å². The molecule has 2 rings (SSSR count). The van der Waals surface area contributed by atoms with Crippen molar-refractivity contribution in [2.24, 2.45) is 0 Å². The molecule has 1 aromatic carbocycles. The van der Waals surface area contributed by atoms with Crippen LogP contribution in [0.4, 0.5) is 11.4 Å². The molecule has 6 heteroatoms. The standard InChI is InChI=1S/C13H12BrN3O2/c1-19-10-2-3-11(15)12(5-10)17-13(18)8-4-9(14)7-16-6-8/h2-7H,15H2,1H3,(H,17,18). The molecule has 0 aliphatic rings. The number of nitrogens with zero attached hydrogens (tertiary/aromatic N) is 1. The fourth-order valence-electron chi connectivity index (χ4n) is 1.50. The molecule has 0 aliphatic carbocycles. The van der Waals surface area contributed by atoms with E-state index in [2.05, 4.69) is 26.2 Å². The van der Waals surface area contributed by atoms with Crippen LogP contribution in [0.1, 0.15) is 10.4 Å². The Morgan fingerprint density at radius 1 is 1.37 bits per heavy atom. The highest BCUT2D eigenvalue weighted by atomic mass is 79.9. The molecule has 5 nitrogen and oxygen atoms in total. The van der Waals surface area contributed by atoms with Crippen molar-refractivity contribution in [1.82, 2.24) is 4.98 Å². The number of hydrogen-bond acceptors (Lipinski definition) is 4. The molecule has 0 bridgehead atoms. The summed E-state index contributed by atoms with van der Waals surface area (Å²) in [6.45, 7) is 0. The van der Waals surface area contributed by atoms with Crippen LogP contribution in [-0.4, -0.2) is 18.0 Å². The average molecular weight is 322 g/mol. The van der Waals surface area contributed by atoms with Gasteiger partial charge in [-0.25, -0.2) is 0 Å². The number of benzene rings is 1. The van der Waals surface area contributed by atoms with Crippen LogP contribution in [0.3, 0.4) is 0 Å². The van der Waals surface area contributed by atoms with Gasteiger partial charge in [0.05, 0.1) is 24.0 Å². The van der Waals surface area contributed by atoms with Crippen molar-refractivity contribution in [3.05, 3.63) is 46.7 Å². The van der Waals surface area contributed by atoms with E-state index in [1.165, 1.54) is 6.20 Å². The summed E-state index contributed by atoms with van der Waals surface area (Å²) >= 11 is 3.27. The van der Waals surface area contributed by atoms with E-state index in [1.807, 2.05) is 0 Å². The molecule has 0 spiro atoms. The number of aromatic nitrogens is 1. The number of halogens is 1. The molecule has 0 saturated carbocycles. The van der Waals surface area contributed by atoms with Crippen LogP contribution in [0, 0.1) is 0 Å². The number of rotatable bonds is 3. The highest BCUT2D eigenvalue weighted by Crippen LogP contribution is 2.25. The summed E-state index contributed by atoms with van der Waals surface area (Å²) in [5.41, 5.74) is 7.22. The van der Waals surface area contributed by atoms with Crippen LogP contribution >= 0.6 is 15.9 Å². The van der Waals surface area contributed by atoms with E-state index in [-0.39, 0.29) is 5.91 Å². The Balaban J connectivity index is 2.23. The first-order chi connectivity index (χ1) is 9.10. The van der Waals surface area contributed by atoms with Gasteiger partial charge in [0.25, 0.3) is 5.91 Å². The van der Waals surface area contributed by atoms with Crippen LogP contribution in [0.2, 0.25) is 0 Å². The predicted molar refractivity (Wildman–Crippen MR) is 77.3 cm³/mol. The molecule has 0 radical (unpaired) electrons. The Morgan fingerprint density at radius 3 is 2.84 bits per heavy atom. The van der Waals surface area contributed by atoms with Crippen molar-refractivity contribution < 1.29 is 9.53 Å². The highest BCUT2D eigenvalue weighted by Gasteiger charge is 2.09. The summed E-state index contributed by atoms with van der Waals surface area (Å²) in [5.74, 6) is 0.339. The summed E-state index contributed by atoms with van der Waals surface area (Å²) in [5, 5.41) is 2.72. The molecule has 3 N–H and O–H groups in total. The van der Waals surface area contributed by atoms with Gasteiger partial charge in [0.2, 0.25) is 0 Å². The Kier molecular flexibility index (Phi) is 4.01. The lowest BCUT2D eigenvalue weighted by molar-refractivity contribution is 0.102. The smallest absolute Gasteiger partial charge is 0.257 e. The summed E-state index contributed by atoms with van der Waals surface area (Å²) in [6, 6.07) is 6.75. The predicted octanol–water partition coefficient (Wildman–Crippen LogP) is 2.69. The van der Waals surface area contributed by atoms with Crippen LogP contribution in [0.15, 0.2) is 41.1 Å². The summed E-state index contributed by atoms with van der Waals surface area (Å²) < 4.78 is 5.82. The number of amides is 1. The summed E-state index contributed by atoms with van der Waals surface area (Å²) in [6.07, 6.45) is 3.09. The number of anilines is 2. The maximum atomic E-state index is 12.0. The number of nitrogens with two attached hydrogens (primary N) is 1. The Labute approximate surface area is 118 Å². The van der Waals surface area contributed by atoms with Crippen molar-refractivity contribution in [3.8, 4) is 5.75 Å². The number of hydrogen-bond donors (Lipinski definition) is 2. The summed E-state index contributed by atoms with van der Waals surface area (Å²) in [4.78, 5) is 16.0. The fourth-order valence-corrected chi connectivity index (χ4v) is 1.87. The number of methoxy groups -OCH3 is 1. The zero-order valence-electron chi connectivity index (χ0n) is 10.2. The van der Waals surface area contributed by atoms with Gasteiger partial charge in [0, 0.05) is 22.9 Å². The number of nitrogens with one attached hydrogen (secondary N) is 1. The maximum Gasteiger partial charge on any atom is 0.257 e. The first kappa shape index (κ1) is 13.4. The van der Waals surface area contributed by atoms with Gasteiger partial charge in [0.15, 0.2) is 0 Å². The zero-order chi connectivity index (χ0) is 13.8. The average Bonchev–Trinajstić information content (AvgIpc) is 2.41. The van der Waals surface area contributed by atoms with E-state index >= 15 is 0 Å². The van der Waals surface area contributed by atoms with Crippen LogP contribution in [0.5, 0.6) is 5.75 Å². The lowest BCUT2D eigenvalue weighted by atomic mass is 10.2. The van der Waals surface area contributed by atoms with Crippen LogP contribution in [0.25, 0.3) is 0 Å². The molecule has 0 atom stereocenters. The van der Waals surface area contributed by atoms with E-state index in [9.17, 15) is 4.79 Å². The first-order valence-electron chi connectivity index (χ1n) is 5.45. The SMILES string of the molecule is COc1ccc(N)c(NC(=O)c2cncc(Br)c2)c1. The van der Waals surface area contributed by atoms with E-state index < -0.39 is 0 Å². The van der Waals surface area contributed by atoms with Gasteiger partial charge < -0.3 is 15.8 Å². The van der Waals surface area contributed by atoms with Gasteiger partial charge in [-0.3, -0.25) is 9.78 Å². The molecule has 98 valence electrons. The molecule has 0 fully saturated rings. The normalized spacial score (nSPS) is 10.0. The number of nitrogen functional groups attached to an aromatic ring is 1. The molecule has 1 aromatic heterocycles. The number of carbonyl (C=O) groups is 1. The molecule has 2 aromatic rings. The molecule has 0 saturated heterocycles. The van der Waals surface area contributed by atoms with Crippen LogP contribution in [-0.2, 0) is 0 Å². The molecule has 0 aliphatic heterocycles. The Morgan fingerprint density at radius 2 is 2.16 bits per heavy atom. The van der Waals surface area contributed by atoms with E-state index in [4.69, 9.17) is 10.5 Å². The minimum atomic E-state index is -0.284. The van der Waals surface area contributed by atoms with Crippen molar-refractivity contribution in [2.75, 3.05) is 18.2 Å². The van der Waals surface area contributed by atoms with Crippen molar-refractivity contribution in [2.45, 2.75) is 0 Å². The largest absolute Gasteiger partial charge is 0.497 e. The van der Waals surface area contributed by atoms with E-state index in [1.54, 1.807) is 37.6 Å². The van der Waals surface area contributed by atoms with Crippen molar-refractivity contribution in [1.29, 1.82) is 0 Å². The Bertz CT molecular complexity index is 617. The molecular formula is C13H12BrN3O2. The molecule has 19 heavy (non-hydrogen) atoms. The van der Waals surface area contributed by atoms with Gasteiger partial charge in [-0.1, -0.05) is 0 Å². The van der Waals surface area contributed by atoms with Crippen molar-refractivity contribution in [3.63, 3.8) is 0 Å². The molecule has 1 heterocycles. The maximum absolute atomic E-state index is 12.0. The monoisotopic (exact) mass is 321 g/mol. The van der Waals surface area contributed by atoms with Gasteiger partial charge in [-0.2, -0.15) is 0 Å². The highest BCUT2D eigenvalue weighted by molar-refractivity contribution is 9.10. The van der Waals surface area contributed by atoms with Gasteiger partial charge in [-0.05, 0) is 34.1 Å². The Hall–Kier alpha value is -2.08. The number of carbonyl (C=O) groups excluding carboxylic acids is 1. The lowest BCUT2D eigenvalue weighted by Crippen LogP contribution is -2.13. The molecular weight excluding hydrogens is 310 g/mol.